The number of hydrogen-bond donors (Lipinski definition) is 4. The Morgan fingerprint density at radius 1 is 0.319 bits per heavy atom. The number of benzene rings is 8. The number of nitrogens with one attached hydrogen (secondary N) is 4. The van der Waals surface area contributed by atoms with Crippen LogP contribution >= 0.6 is 0 Å². The van der Waals surface area contributed by atoms with E-state index in [0.717, 1.165) is 49.4 Å². The Morgan fingerprint density at radius 3 is 0.792 bits per heavy atom. The zero-order valence-corrected chi connectivity index (χ0v) is 38.5. The molecule has 0 aliphatic heterocycles. The maximum Gasteiger partial charge on any atom is 0.334 e. The summed E-state index contributed by atoms with van der Waals surface area (Å²) in [5, 5.41) is 11.5. The number of carbonyl (C=O) groups excluding carboxylic acids is 6. The Labute approximate surface area is 414 Å². The molecule has 14 heteroatoms. The van der Waals surface area contributed by atoms with Gasteiger partial charge in [0.05, 0.1) is 22.7 Å². The molecule has 0 aromatic heterocycles. The van der Waals surface area contributed by atoms with Crippen LogP contribution in [0.4, 0.5) is 59.9 Å². The largest absolute Gasteiger partial charge is 0.334 e. The molecule has 0 radical (unpaired) electrons. The number of urea groups is 3. The lowest BCUT2D eigenvalue weighted by atomic mass is 10.0. The average Bonchev–Trinajstić information content (AvgIpc) is 3.39. The van der Waals surface area contributed by atoms with E-state index in [1.807, 2.05) is 121 Å². The molecule has 72 heavy (non-hydrogen) atoms. The first-order valence-electron chi connectivity index (χ1n) is 22.6. The maximum absolute atomic E-state index is 14.1. The molecular weight excluding hydrogens is 905 g/mol. The number of carbonyl (C=O) groups is 3. The molecule has 8 aromatic rings. The van der Waals surface area contributed by atoms with Crippen molar-refractivity contribution in [3.63, 3.8) is 0 Å². The third-order valence-corrected chi connectivity index (χ3v) is 11.4. The van der Waals surface area contributed by atoms with Crippen LogP contribution < -0.4 is 26.2 Å². The van der Waals surface area contributed by atoms with E-state index in [1.54, 1.807) is 72.8 Å². The Kier molecular flexibility index (Phi) is 16.0. The summed E-state index contributed by atoms with van der Waals surface area (Å²) in [6.07, 6.45) is 7.05. The molecule has 0 spiro atoms. The number of nitrogens with zero attached hydrogens (tertiary/aromatic N) is 4. The topological polar surface area (TPSA) is 191 Å². The van der Waals surface area contributed by atoms with Gasteiger partial charge in [0.1, 0.15) is 0 Å². The zero-order valence-electron chi connectivity index (χ0n) is 38.5. The standard InChI is InChI=1S/C58H44N8O6/c67-37-59-48-17-1-40(2-18-48)33-43-7-23-51(24-8-43)62-56(70)63-52-25-9-44(10-26-52)36-47-15-31-55(32-16-47)66(57(71)64-53-27-11-45(12-28-53)34-41-3-19-49(20-4-41)60-38-68)58(72)65-54-29-13-46(14-30-54)35-42-5-21-50(22-6-42)61-39-69/h1-32H,33-36H2,(H,64,71)(H,65,72)(H2,62,63,70). The first-order valence-corrected chi connectivity index (χ1v) is 22.6. The van der Waals surface area contributed by atoms with E-state index in [4.69, 9.17) is 0 Å². The van der Waals surface area contributed by atoms with E-state index in [-0.39, 0.29) is 6.03 Å². The Balaban J connectivity index is 0.899. The lowest BCUT2D eigenvalue weighted by Gasteiger charge is -2.22. The fourth-order valence-corrected chi connectivity index (χ4v) is 7.73. The van der Waals surface area contributed by atoms with Gasteiger partial charge in [0.2, 0.25) is 18.2 Å². The van der Waals surface area contributed by atoms with Crippen molar-refractivity contribution >= 4 is 81.8 Å². The van der Waals surface area contributed by atoms with Gasteiger partial charge in [0.15, 0.2) is 0 Å². The Hall–Kier alpha value is -10.1. The summed E-state index contributed by atoms with van der Waals surface area (Å²) in [5.74, 6) is 0. The normalized spacial score (nSPS) is 10.3. The van der Waals surface area contributed by atoms with Gasteiger partial charge >= 0.3 is 18.1 Å². The lowest BCUT2D eigenvalue weighted by molar-refractivity contribution is 0.246. The van der Waals surface area contributed by atoms with Gasteiger partial charge in [-0.1, -0.05) is 97.1 Å². The zero-order chi connectivity index (χ0) is 50.1. The molecule has 0 saturated heterocycles. The van der Waals surface area contributed by atoms with Gasteiger partial charge in [0.25, 0.3) is 0 Å². The predicted octanol–water partition coefficient (Wildman–Crippen LogP) is 12.9. The van der Waals surface area contributed by atoms with Crippen molar-refractivity contribution < 1.29 is 28.8 Å². The summed E-state index contributed by atoms with van der Waals surface area (Å²) in [7, 11) is 0. The number of imide groups is 1. The minimum absolute atomic E-state index is 0.337. The second kappa shape index (κ2) is 23.8. The maximum atomic E-state index is 14.1. The van der Waals surface area contributed by atoms with Gasteiger partial charge in [0, 0.05) is 22.7 Å². The second-order valence-corrected chi connectivity index (χ2v) is 16.5. The molecule has 0 bridgehead atoms. The highest BCUT2D eigenvalue weighted by Crippen LogP contribution is 2.25. The first kappa shape index (κ1) is 48.4. The van der Waals surface area contributed by atoms with Crippen LogP contribution in [0.2, 0.25) is 0 Å². The van der Waals surface area contributed by atoms with Gasteiger partial charge < -0.3 is 21.3 Å². The summed E-state index contributed by atoms with van der Waals surface area (Å²) in [6, 6.07) is 56.9. The van der Waals surface area contributed by atoms with E-state index in [9.17, 15) is 28.8 Å². The fraction of sp³-hybridized carbons (Fsp3) is 0.0690. The molecule has 0 fully saturated rings. The summed E-state index contributed by atoms with van der Waals surface area (Å²) < 4.78 is 0. The number of amides is 6. The van der Waals surface area contributed by atoms with Crippen LogP contribution in [0.25, 0.3) is 0 Å². The summed E-state index contributed by atoms with van der Waals surface area (Å²) in [4.78, 5) is 84.6. The van der Waals surface area contributed by atoms with Crippen molar-refractivity contribution in [2.75, 3.05) is 26.2 Å². The molecule has 0 saturated carbocycles. The number of hydrogen-bond acceptors (Lipinski definition) is 9. The molecule has 8 rings (SSSR count). The van der Waals surface area contributed by atoms with Crippen LogP contribution in [0.5, 0.6) is 0 Å². The van der Waals surface area contributed by atoms with E-state index >= 15 is 0 Å². The minimum Gasteiger partial charge on any atom is -0.308 e. The molecule has 0 aliphatic rings. The highest BCUT2D eigenvalue weighted by molar-refractivity contribution is 6.21. The minimum atomic E-state index is -0.672. The summed E-state index contributed by atoms with van der Waals surface area (Å²) >= 11 is 0. The van der Waals surface area contributed by atoms with Crippen molar-refractivity contribution in [2.45, 2.75) is 25.7 Å². The Bertz CT molecular complexity index is 3190. The third-order valence-electron chi connectivity index (χ3n) is 11.4. The van der Waals surface area contributed by atoms with Crippen molar-refractivity contribution in [1.82, 2.24) is 0 Å². The van der Waals surface area contributed by atoms with Gasteiger partial charge in [-0.2, -0.15) is 15.0 Å². The number of aliphatic imine (C=N–C) groups is 3. The van der Waals surface area contributed by atoms with Crippen molar-refractivity contribution in [1.29, 1.82) is 0 Å². The average molecular weight is 949 g/mol. The molecular formula is C58H44N8O6. The fourth-order valence-electron chi connectivity index (χ4n) is 7.73. The van der Waals surface area contributed by atoms with Gasteiger partial charge in [-0.05, 0) is 167 Å². The van der Waals surface area contributed by atoms with E-state index < -0.39 is 12.1 Å². The van der Waals surface area contributed by atoms with Crippen LogP contribution in [0, 0.1) is 0 Å². The molecule has 14 nitrogen and oxygen atoms in total. The molecule has 0 heterocycles. The molecule has 0 unspecified atom stereocenters. The van der Waals surface area contributed by atoms with Crippen LogP contribution in [0.1, 0.15) is 44.5 Å². The number of anilines is 5. The van der Waals surface area contributed by atoms with Crippen LogP contribution in [-0.2, 0) is 40.1 Å². The van der Waals surface area contributed by atoms with E-state index in [2.05, 4.69) is 36.2 Å². The first-order chi connectivity index (χ1) is 35.2. The highest BCUT2D eigenvalue weighted by Gasteiger charge is 2.24. The Morgan fingerprint density at radius 2 is 0.542 bits per heavy atom. The van der Waals surface area contributed by atoms with Crippen LogP contribution in [-0.4, -0.2) is 36.3 Å². The monoisotopic (exact) mass is 948 g/mol. The summed E-state index contributed by atoms with van der Waals surface area (Å²) in [6.45, 7) is 0. The molecule has 6 amide bonds. The van der Waals surface area contributed by atoms with Crippen molar-refractivity contribution in [2.24, 2.45) is 15.0 Å². The molecule has 352 valence electrons. The third kappa shape index (κ3) is 13.8. The lowest BCUT2D eigenvalue weighted by Crippen LogP contribution is -2.42. The van der Waals surface area contributed by atoms with Crippen LogP contribution in [0.3, 0.4) is 0 Å². The highest BCUT2D eigenvalue weighted by atomic mass is 16.2. The molecule has 0 aliphatic carbocycles. The van der Waals surface area contributed by atoms with E-state index in [0.29, 0.717) is 71.2 Å². The SMILES string of the molecule is O=C=Nc1ccc(Cc2ccc(NC(=O)Nc3ccc(Cc4ccc(N(C(=O)Nc5ccc(Cc6ccc(N=C=O)cc6)cc5)C(=O)Nc5ccc(Cc6ccc(N=C=O)cc6)cc5)cc4)cc3)cc2)cc1. The number of isocyanates is 3. The quantitative estimate of drug-likeness (QED) is 0.0550. The molecule has 4 N–H and O–H groups in total. The van der Waals surface area contributed by atoms with Gasteiger partial charge in [-0.3, -0.25) is 0 Å². The molecule has 0 atom stereocenters. The number of rotatable bonds is 16. The van der Waals surface area contributed by atoms with Gasteiger partial charge in [-0.25, -0.2) is 33.7 Å². The van der Waals surface area contributed by atoms with Crippen LogP contribution in [0.15, 0.2) is 209 Å². The smallest absolute Gasteiger partial charge is 0.308 e. The predicted molar refractivity (Wildman–Crippen MR) is 279 cm³/mol. The van der Waals surface area contributed by atoms with Crippen molar-refractivity contribution in [3.05, 3.63) is 239 Å². The van der Waals surface area contributed by atoms with E-state index in [1.165, 1.54) is 18.2 Å². The second-order valence-electron chi connectivity index (χ2n) is 16.5. The summed E-state index contributed by atoms with van der Waals surface area (Å²) in [5.41, 5.74) is 12.1. The van der Waals surface area contributed by atoms with Crippen molar-refractivity contribution in [3.8, 4) is 0 Å². The van der Waals surface area contributed by atoms with Gasteiger partial charge in [-0.15, -0.1) is 0 Å². The molecule has 8 aromatic carbocycles.